The minimum atomic E-state index is -4.20. The van der Waals surface area contributed by atoms with Gasteiger partial charge in [-0.2, -0.15) is 0 Å². The molecule has 0 heterocycles. The van der Waals surface area contributed by atoms with Crippen LogP contribution in [-0.4, -0.2) is 50.9 Å². The van der Waals surface area contributed by atoms with Crippen molar-refractivity contribution in [3.8, 4) is 5.75 Å². The normalized spacial score (nSPS) is 11.8. The molecule has 1 N–H and O–H groups in total. The van der Waals surface area contributed by atoms with Crippen molar-refractivity contribution < 1.29 is 22.7 Å². The molecular formula is C37H42ClN3O5S. The molecule has 0 spiro atoms. The zero-order valence-corrected chi connectivity index (χ0v) is 28.6. The quantitative estimate of drug-likeness (QED) is 0.132. The van der Waals surface area contributed by atoms with E-state index in [0.717, 1.165) is 28.3 Å². The number of ether oxygens (including phenoxy) is 1. The first-order valence-electron chi connectivity index (χ1n) is 15.8. The van der Waals surface area contributed by atoms with E-state index < -0.39 is 28.5 Å². The Labute approximate surface area is 283 Å². The highest BCUT2D eigenvalue weighted by Crippen LogP contribution is 2.27. The van der Waals surface area contributed by atoms with E-state index in [-0.39, 0.29) is 29.5 Å². The van der Waals surface area contributed by atoms with Gasteiger partial charge in [-0.15, -0.1) is 0 Å². The Hall–Kier alpha value is -4.34. The van der Waals surface area contributed by atoms with Gasteiger partial charge in [0.15, 0.2) is 0 Å². The molecule has 0 aromatic heterocycles. The van der Waals surface area contributed by atoms with Crippen LogP contribution in [0.4, 0.5) is 5.69 Å². The van der Waals surface area contributed by atoms with Crippen molar-refractivity contribution in [3.63, 3.8) is 0 Å². The van der Waals surface area contributed by atoms with Crippen LogP contribution in [0.15, 0.2) is 108 Å². The maximum Gasteiger partial charge on any atom is 0.264 e. The maximum atomic E-state index is 14.6. The molecule has 4 rings (SSSR count). The highest BCUT2D eigenvalue weighted by molar-refractivity contribution is 7.92. The second kappa shape index (κ2) is 17.0. The van der Waals surface area contributed by atoms with Gasteiger partial charge in [-0.25, -0.2) is 8.42 Å². The zero-order valence-electron chi connectivity index (χ0n) is 27.1. The Kier molecular flexibility index (Phi) is 12.8. The van der Waals surface area contributed by atoms with Crippen LogP contribution in [0.1, 0.15) is 43.4 Å². The van der Waals surface area contributed by atoms with E-state index in [1.807, 2.05) is 57.2 Å². The van der Waals surface area contributed by atoms with Crippen LogP contribution in [0.25, 0.3) is 0 Å². The van der Waals surface area contributed by atoms with Crippen molar-refractivity contribution in [1.29, 1.82) is 0 Å². The summed E-state index contributed by atoms with van der Waals surface area (Å²) in [5.74, 6) is -0.280. The molecule has 0 radical (unpaired) electrons. The fourth-order valence-electron chi connectivity index (χ4n) is 5.13. The average Bonchev–Trinajstić information content (AvgIpc) is 3.06. The molecule has 47 heavy (non-hydrogen) atoms. The molecule has 0 aliphatic rings. The van der Waals surface area contributed by atoms with Crippen molar-refractivity contribution in [2.45, 2.75) is 57.5 Å². The Morgan fingerprint density at radius 1 is 0.872 bits per heavy atom. The minimum Gasteiger partial charge on any atom is -0.494 e. The van der Waals surface area contributed by atoms with Crippen LogP contribution in [-0.2, 0) is 32.6 Å². The minimum absolute atomic E-state index is 0.0415. The van der Waals surface area contributed by atoms with Crippen LogP contribution < -0.4 is 14.4 Å². The first kappa shape index (κ1) is 35.5. The van der Waals surface area contributed by atoms with E-state index in [9.17, 15) is 18.0 Å². The van der Waals surface area contributed by atoms with Crippen molar-refractivity contribution in [3.05, 3.63) is 125 Å². The van der Waals surface area contributed by atoms with Gasteiger partial charge in [0.2, 0.25) is 11.8 Å². The van der Waals surface area contributed by atoms with Gasteiger partial charge >= 0.3 is 0 Å². The number of hydrogen-bond donors (Lipinski definition) is 1. The fraction of sp³-hybridized carbons (Fsp3) is 0.297. The molecule has 4 aromatic carbocycles. The molecule has 0 bridgehead atoms. The molecule has 8 nitrogen and oxygen atoms in total. The summed E-state index contributed by atoms with van der Waals surface area (Å²) in [4.78, 5) is 29.9. The van der Waals surface area contributed by atoms with Crippen molar-refractivity contribution in [2.24, 2.45) is 0 Å². The molecule has 248 valence electrons. The third-order valence-electron chi connectivity index (χ3n) is 7.67. The molecule has 10 heteroatoms. The van der Waals surface area contributed by atoms with Crippen molar-refractivity contribution >= 4 is 39.1 Å². The van der Waals surface area contributed by atoms with Gasteiger partial charge in [-0.05, 0) is 79.9 Å². The van der Waals surface area contributed by atoms with E-state index in [4.69, 9.17) is 16.3 Å². The maximum absolute atomic E-state index is 14.6. The summed E-state index contributed by atoms with van der Waals surface area (Å²) in [5.41, 5.74) is 2.76. The van der Waals surface area contributed by atoms with Crippen LogP contribution in [0.3, 0.4) is 0 Å². The Bertz CT molecular complexity index is 1720. The van der Waals surface area contributed by atoms with Gasteiger partial charge in [0.05, 0.1) is 17.2 Å². The highest BCUT2D eigenvalue weighted by Gasteiger charge is 2.34. The van der Waals surface area contributed by atoms with Gasteiger partial charge in [0.1, 0.15) is 18.3 Å². The first-order chi connectivity index (χ1) is 22.6. The Morgan fingerprint density at radius 2 is 1.55 bits per heavy atom. The van der Waals surface area contributed by atoms with E-state index in [2.05, 4.69) is 5.32 Å². The number of aryl methyl sites for hydroxylation is 1. The number of rotatable bonds is 16. The number of carbonyl (C=O) groups excluding carboxylic acids is 2. The summed E-state index contributed by atoms with van der Waals surface area (Å²) in [6.45, 7) is 6.17. The number of anilines is 1. The summed E-state index contributed by atoms with van der Waals surface area (Å²) in [5, 5.41) is 3.48. The van der Waals surface area contributed by atoms with Crippen LogP contribution in [0, 0.1) is 6.92 Å². The Morgan fingerprint density at radius 3 is 2.19 bits per heavy atom. The second-order valence-electron chi connectivity index (χ2n) is 11.3. The number of benzene rings is 4. The standard InChI is InChI=1S/C37H42ClN3O5S/c1-4-6-23-39-37(43)35(25-29-11-8-7-9-12-29)40(26-30-13-10-14-31(38)24-30)36(42)27-41(32-17-19-33(20-18-32)46-5-2)47(44,45)34-21-15-28(3)16-22-34/h7-22,24,35H,4-6,23,25-27H2,1-3H3,(H,39,43). The summed E-state index contributed by atoms with van der Waals surface area (Å²) in [7, 11) is -4.20. The lowest BCUT2D eigenvalue weighted by molar-refractivity contribution is -0.140. The number of amides is 2. The van der Waals surface area contributed by atoms with Gasteiger partial charge in [-0.1, -0.05) is 85.1 Å². The van der Waals surface area contributed by atoms with Gasteiger partial charge in [0.25, 0.3) is 10.0 Å². The number of halogens is 1. The molecule has 0 saturated carbocycles. The lowest BCUT2D eigenvalue weighted by Crippen LogP contribution is -2.53. The van der Waals surface area contributed by atoms with E-state index >= 15 is 0 Å². The number of nitrogens with one attached hydrogen (secondary N) is 1. The number of nitrogens with zero attached hydrogens (tertiary/aromatic N) is 2. The molecule has 0 aliphatic heterocycles. The van der Waals surface area contributed by atoms with Crippen LogP contribution >= 0.6 is 11.6 Å². The number of hydrogen-bond acceptors (Lipinski definition) is 5. The van der Waals surface area contributed by atoms with E-state index in [1.165, 1.54) is 17.0 Å². The monoisotopic (exact) mass is 675 g/mol. The first-order valence-corrected chi connectivity index (χ1v) is 17.6. The summed E-state index contributed by atoms with van der Waals surface area (Å²) in [6.07, 6.45) is 1.91. The van der Waals surface area contributed by atoms with Gasteiger partial charge in [-0.3, -0.25) is 13.9 Å². The molecule has 0 fully saturated rings. The Balaban J connectivity index is 1.79. The van der Waals surface area contributed by atoms with Gasteiger partial charge in [0, 0.05) is 24.5 Å². The molecular weight excluding hydrogens is 634 g/mol. The molecule has 1 atom stereocenters. The van der Waals surface area contributed by atoms with Crippen molar-refractivity contribution in [1.82, 2.24) is 10.2 Å². The summed E-state index contributed by atoms with van der Waals surface area (Å²) in [6, 6.07) is 28.7. The third kappa shape index (κ3) is 9.83. The van der Waals surface area contributed by atoms with Gasteiger partial charge < -0.3 is 15.0 Å². The molecule has 1 unspecified atom stereocenters. The fourth-order valence-corrected chi connectivity index (χ4v) is 6.76. The van der Waals surface area contributed by atoms with Crippen LogP contribution in [0.5, 0.6) is 5.75 Å². The van der Waals surface area contributed by atoms with E-state index in [0.29, 0.717) is 29.5 Å². The highest BCUT2D eigenvalue weighted by atomic mass is 35.5. The third-order valence-corrected chi connectivity index (χ3v) is 9.69. The van der Waals surface area contributed by atoms with Crippen molar-refractivity contribution in [2.75, 3.05) is 24.0 Å². The second-order valence-corrected chi connectivity index (χ2v) is 13.6. The molecule has 2 amide bonds. The number of sulfonamides is 1. The lowest BCUT2D eigenvalue weighted by atomic mass is 10.0. The molecule has 0 saturated heterocycles. The smallest absolute Gasteiger partial charge is 0.264 e. The average molecular weight is 676 g/mol. The largest absolute Gasteiger partial charge is 0.494 e. The number of unbranched alkanes of at least 4 members (excludes halogenated alkanes) is 1. The SMILES string of the molecule is CCCCNC(=O)C(Cc1ccccc1)N(Cc1cccc(Cl)c1)C(=O)CN(c1ccc(OCC)cc1)S(=O)(=O)c1ccc(C)cc1. The molecule has 0 aliphatic carbocycles. The molecule has 4 aromatic rings. The summed E-state index contributed by atoms with van der Waals surface area (Å²) >= 11 is 6.32. The predicted octanol–water partition coefficient (Wildman–Crippen LogP) is 6.80. The zero-order chi connectivity index (χ0) is 33.8. The topological polar surface area (TPSA) is 96.0 Å². The predicted molar refractivity (Wildman–Crippen MR) is 187 cm³/mol. The lowest BCUT2D eigenvalue weighted by Gasteiger charge is -2.34. The van der Waals surface area contributed by atoms with Crippen LogP contribution in [0.2, 0.25) is 5.02 Å². The van der Waals surface area contributed by atoms with E-state index in [1.54, 1.807) is 54.6 Å². The summed E-state index contributed by atoms with van der Waals surface area (Å²) < 4.78 is 35.1. The number of carbonyl (C=O) groups is 2.